The second-order valence-corrected chi connectivity index (χ2v) is 8.15. The van der Waals surface area contributed by atoms with E-state index < -0.39 is 48.5 Å². The summed E-state index contributed by atoms with van der Waals surface area (Å²) in [4.78, 5) is 60.3. The maximum absolute atomic E-state index is 13.0. The van der Waals surface area contributed by atoms with Crippen LogP contribution in [0.4, 0.5) is 5.69 Å². The molecule has 0 bridgehead atoms. The smallest absolute Gasteiger partial charge is 0.343 e. The van der Waals surface area contributed by atoms with Gasteiger partial charge in [-0.2, -0.15) is 0 Å². The predicted octanol–water partition coefficient (Wildman–Crippen LogP) is 1.57. The zero-order chi connectivity index (χ0) is 26.6. The average Bonchev–Trinajstić information content (AvgIpc) is 2.78. The highest BCUT2D eigenvalue weighted by atomic mass is 16.6. The number of carboxylic acid groups (broad SMARTS) is 3. The Bertz CT molecular complexity index is 1250. The molecule has 36 heavy (non-hydrogen) atoms. The number of nitrogens with two attached hydrogens (primary N) is 2. The number of amides is 1. The van der Waals surface area contributed by atoms with Gasteiger partial charge in [0, 0.05) is 12.1 Å². The fraction of sp³-hybridized carbons (Fsp3) is 0.292. The second-order valence-electron chi connectivity index (χ2n) is 8.15. The monoisotopic (exact) mass is 500 g/mol. The molecular formula is C24H24N2O10. The van der Waals surface area contributed by atoms with Crippen molar-refractivity contribution in [1.29, 1.82) is 0 Å². The molecule has 0 saturated heterocycles. The Hall–Kier alpha value is -4.61. The lowest BCUT2D eigenvalue weighted by Gasteiger charge is -2.24. The molecule has 3 rings (SSSR count). The van der Waals surface area contributed by atoms with E-state index >= 15 is 0 Å². The van der Waals surface area contributed by atoms with Crippen molar-refractivity contribution in [3.63, 3.8) is 0 Å². The second kappa shape index (κ2) is 10.8. The molecule has 0 aliphatic carbocycles. The molecule has 0 radical (unpaired) electrons. The zero-order valence-corrected chi connectivity index (χ0v) is 19.0. The molecule has 0 saturated carbocycles. The topological polar surface area (TPSA) is 217 Å². The van der Waals surface area contributed by atoms with Crippen LogP contribution in [0.2, 0.25) is 0 Å². The van der Waals surface area contributed by atoms with Gasteiger partial charge in [0.15, 0.2) is 11.5 Å². The van der Waals surface area contributed by atoms with Crippen molar-refractivity contribution in [2.24, 2.45) is 5.73 Å². The molecule has 7 N–H and O–H groups in total. The van der Waals surface area contributed by atoms with Gasteiger partial charge in [0.05, 0.1) is 30.1 Å². The van der Waals surface area contributed by atoms with E-state index in [0.717, 1.165) is 6.07 Å². The van der Waals surface area contributed by atoms with Gasteiger partial charge < -0.3 is 36.3 Å². The number of carbonyl (C=O) groups is 5. The quantitative estimate of drug-likeness (QED) is 0.199. The Balaban J connectivity index is 2.28. The number of rotatable bonds is 8. The Morgan fingerprint density at radius 3 is 2.39 bits per heavy atom. The molecule has 1 amide bonds. The summed E-state index contributed by atoms with van der Waals surface area (Å²) in [7, 11) is 0. The van der Waals surface area contributed by atoms with Gasteiger partial charge in [-0.25, -0.2) is 4.79 Å². The SMILES string of the molecule is NC(=O)c1c(CCC(=O)O)c([C@H](CC(=O)O)C(=O)O)cc2c1OCCCc1cc(N)ccc1C(=O)O2. The van der Waals surface area contributed by atoms with E-state index in [0.29, 0.717) is 24.1 Å². The van der Waals surface area contributed by atoms with E-state index in [2.05, 4.69) is 0 Å². The first kappa shape index (κ1) is 26.0. The number of aliphatic carboxylic acids is 3. The lowest BCUT2D eigenvalue weighted by molar-refractivity contribution is -0.145. The van der Waals surface area contributed by atoms with Gasteiger partial charge in [-0.1, -0.05) is 0 Å². The van der Waals surface area contributed by atoms with Gasteiger partial charge in [-0.15, -0.1) is 0 Å². The first-order valence-electron chi connectivity index (χ1n) is 10.9. The number of anilines is 1. The van der Waals surface area contributed by atoms with Crippen molar-refractivity contribution in [3.8, 4) is 11.5 Å². The summed E-state index contributed by atoms with van der Waals surface area (Å²) in [5.41, 5.74) is 11.9. The van der Waals surface area contributed by atoms with Crippen molar-refractivity contribution in [2.75, 3.05) is 12.3 Å². The number of carbonyl (C=O) groups excluding carboxylic acids is 2. The third-order valence-electron chi connectivity index (χ3n) is 5.66. The molecule has 1 aliphatic rings. The maximum Gasteiger partial charge on any atom is 0.343 e. The van der Waals surface area contributed by atoms with Crippen molar-refractivity contribution in [3.05, 3.63) is 52.1 Å². The van der Waals surface area contributed by atoms with Crippen molar-refractivity contribution >= 4 is 35.5 Å². The number of hydrogen-bond donors (Lipinski definition) is 5. The molecule has 190 valence electrons. The first-order chi connectivity index (χ1) is 17.0. The molecule has 12 heteroatoms. The summed E-state index contributed by atoms with van der Waals surface area (Å²) in [6.45, 7) is 0.0360. The number of fused-ring (bicyclic) bond motifs is 2. The number of hydrogen-bond acceptors (Lipinski definition) is 8. The number of ether oxygens (including phenoxy) is 2. The minimum atomic E-state index is -1.70. The van der Waals surface area contributed by atoms with Gasteiger partial charge >= 0.3 is 23.9 Å². The normalized spacial score (nSPS) is 13.8. The molecule has 12 nitrogen and oxygen atoms in total. The van der Waals surface area contributed by atoms with Gasteiger partial charge in [0.25, 0.3) is 5.91 Å². The Morgan fingerprint density at radius 1 is 1.06 bits per heavy atom. The lowest BCUT2D eigenvalue weighted by atomic mass is 9.85. The number of aryl methyl sites for hydroxylation is 1. The number of primary amides is 1. The number of benzene rings is 2. The van der Waals surface area contributed by atoms with Crippen molar-refractivity contribution in [2.45, 2.75) is 38.0 Å². The molecule has 1 atom stereocenters. The van der Waals surface area contributed by atoms with Crippen LogP contribution in [0.15, 0.2) is 24.3 Å². The van der Waals surface area contributed by atoms with Gasteiger partial charge in [0.2, 0.25) is 0 Å². The van der Waals surface area contributed by atoms with Crippen LogP contribution >= 0.6 is 0 Å². The van der Waals surface area contributed by atoms with Crippen LogP contribution in [0.25, 0.3) is 0 Å². The third kappa shape index (κ3) is 5.71. The van der Waals surface area contributed by atoms with Crippen LogP contribution < -0.4 is 20.9 Å². The van der Waals surface area contributed by atoms with Gasteiger partial charge in [-0.05, 0) is 60.2 Å². The number of nitrogen functional groups attached to an aromatic ring is 1. The van der Waals surface area contributed by atoms with E-state index in [1.54, 1.807) is 6.07 Å². The summed E-state index contributed by atoms with van der Waals surface area (Å²) in [5, 5.41) is 28.2. The van der Waals surface area contributed by atoms with Crippen LogP contribution in [-0.4, -0.2) is 51.7 Å². The lowest BCUT2D eigenvalue weighted by Crippen LogP contribution is -2.24. The minimum absolute atomic E-state index is 0.0360. The average molecular weight is 500 g/mol. The maximum atomic E-state index is 13.0. The molecule has 1 heterocycles. The summed E-state index contributed by atoms with van der Waals surface area (Å²) >= 11 is 0. The summed E-state index contributed by atoms with van der Waals surface area (Å²) in [5.74, 6) is -8.47. The minimum Gasteiger partial charge on any atom is -0.489 e. The van der Waals surface area contributed by atoms with E-state index in [-0.39, 0.29) is 46.8 Å². The summed E-state index contributed by atoms with van der Waals surface area (Å²) in [6, 6.07) is 5.68. The molecule has 2 aromatic carbocycles. The largest absolute Gasteiger partial charge is 0.489 e. The highest BCUT2D eigenvalue weighted by Crippen LogP contribution is 2.41. The van der Waals surface area contributed by atoms with E-state index in [4.69, 9.17) is 20.9 Å². The van der Waals surface area contributed by atoms with E-state index in [9.17, 15) is 39.3 Å². The fourth-order valence-electron chi connectivity index (χ4n) is 4.11. The Kier molecular flexibility index (Phi) is 7.77. The molecule has 0 fully saturated rings. The zero-order valence-electron chi connectivity index (χ0n) is 19.0. The highest BCUT2D eigenvalue weighted by molar-refractivity contribution is 6.01. The van der Waals surface area contributed by atoms with Gasteiger partial charge in [0.1, 0.15) is 0 Å². The molecule has 0 unspecified atom stereocenters. The van der Waals surface area contributed by atoms with E-state index in [1.165, 1.54) is 12.1 Å². The van der Waals surface area contributed by atoms with Crippen LogP contribution in [0.5, 0.6) is 11.5 Å². The third-order valence-corrected chi connectivity index (χ3v) is 5.66. The first-order valence-corrected chi connectivity index (χ1v) is 10.9. The number of carboxylic acids is 3. The fourth-order valence-corrected chi connectivity index (χ4v) is 4.11. The van der Waals surface area contributed by atoms with Gasteiger partial charge in [-0.3, -0.25) is 19.2 Å². The highest BCUT2D eigenvalue weighted by Gasteiger charge is 2.33. The van der Waals surface area contributed by atoms with Crippen LogP contribution in [-0.2, 0) is 27.2 Å². The predicted molar refractivity (Wildman–Crippen MR) is 123 cm³/mol. The Morgan fingerprint density at radius 2 is 1.78 bits per heavy atom. The molecular weight excluding hydrogens is 476 g/mol. The van der Waals surface area contributed by atoms with Crippen LogP contribution in [0.3, 0.4) is 0 Å². The summed E-state index contributed by atoms with van der Waals surface area (Å²) < 4.78 is 11.3. The van der Waals surface area contributed by atoms with Crippen LogP contribution in [0.1, 0.15) is 62.6 Å². The molecule has 2 aromatic rings. The Labute approximate surface area is 204 Å². The molecule has 0 spiro atoms. The molecule has 0 aromatic heterocycles. The van der Waals surface area contributed by atoms with Crippen molar-refractivity contribution < 1.29 is 48.8 Å². The standard InChI is InChI=1S/C24H24N2O10/c25-12-3-4-13-11(8-12)2-1-7-35-21-17(36-24(13)34)9-15(16(23(32)33)10-19(29)30)14(5-6-18(27)28)20(21)22(26)31/h3-4,8-9,16H,1-2,5-7,10,25H2,(H2,26,31)(H,27,28)(H,29,30)(H,32,33)/t16-/m0/s1. The van der Waals surface area contributed by atoms with Crippen molar-refractivity contribution in [1.82, 2.24) is 0 Å². The number of esters is 1. The van der Waals surface area contributed by atoms with Crippen LogP contribution in [0, 0.1) is 0 Å². The van der Waals surface area contributed by atoms with E-state index in [1.807, 2.05) is 0 Å². The summed E-state index contributed by atoms with van der Waals surface area (Å²) in [6.07, 6.45) is -0.965. The molecule has 1 aliphatic heterocycles.